The Labute approximate surface area is 110 Å². The normalized spacial score (nSPS) is 22.4. The van der Waals surface area contributed by atoms with Crippen LogP contribution in [0.3, 0.4) is 0 Å². The van der Waals surface area contributed by atoms with E-state index in [2.05, 4.69) is 29.4 Å². The maximum absolute atomic E-state index is 5.25. The van der Waals surface area contributed by atoms with E-state index in [0.717, 1.165) is 24.1 Å². The molecule has 0 bridgehead atoms. The minimum Gasteiger partial charge on any atom is -0.383 e. The van der Waals surface area contributed by atoms with E-state index in [1.165, 1.54) is 19.5 Å². The number of rotatable bonds is 6. The summed E-state index contributed by atoms with van der Waals surface area (Å²) in [5.74, 6) is 0.729. The van der Waals surface area contributed by atoms with Crippen LogP contribution in [0.15, 0.2) is 0 Å². The van der Waals surface area contributed by atoms with Crippen molar-refractivity contribution in [3.8, 4) is 0 Å². The standard InChI is InChI=1S/C12H25N3OS/c1-4-15-6-5-11(8-15)7-13-12(17)14-10(2)9-16-3/h10-11H,4-9H2,1-3H3,(H2,13,14,17). The zero-order valence-corrected chi connectivity index (χ0v) is 12.0. The maximum Gasteiger partial charge on any atom is 0.166 e. The first-order valence-corrected chi connectivity index (χ1v) is 6.82. The van der Waals surface area contributed by atoms with Crippen LogP contribution in [0.1, 0.15) is 20.3 Å². The molecule has 100 valence electrons. The number of nitrogens with one attached hydrogen (secondary N) is 2. The molecule has 0 aromatic heterocycles. The van der Waals surface area contributed by atoms with Gasteiger partial charge in [-0.05, 0) is 44.6 Å². The van der Waals surface area contributed by atoms with Gasteiger partial charge in [-0.15, -0.1) is 0 Å². The van der Waals surface area contributed by atoms with Gasteiger partial charge in [-0.3, -0.25) is 0 Å². The molecule has 2 atom stereocenters. The SMILES string of the molecule is CCN1CCC(CNC(=S)NC(C)COC)C1. The molecule has 1 heterocycles. The minimum absolute atomic E-state index is 0.260. The number of nitrogens with zero attached hydrogens (tertiary/aromatic N) is 1. The van der Waals surface area contributed by atoms with E-state index in [9.17, 15) is 0 Å². The van der Waals surface area contributed by atoms with Crippen molar-refractivity contribution >= 4 is 17.3 Å². The molecule has 1 aliphatic rings. The summed E-state index contributed by atoms with van der Waals surface area (Å²) in [5.41, 5.74) is 0. The van der Waals surface area contributed by atoms with Crippen LogP contribution >= 0.6 is 12.2 Å². The van der Waals surface area contributed by atoms with Crippen LogP contribution in [0.2, 0.25) is 0 Å². The van der Waals surface area contributed by atoms with Crippen molar-refractivity contribution in [2.75, 3.05) is 39.9 Å². The molecular weight excluding hydrogens is 234 g/mol. The fraction of sp³-hybridized carbons (Fsp3) is 0.917. The van der Waals surface area contributed by atoms with E-state index in [-0.39, 0.29) is 6.04 Å². The zero-order valence-electron chi connectivity index (χ0n) is 11.2. The third-order valence-corrected chi connectivity index (χ3v) is 3.42. The molecule has 2 N–H and O–H groups in total. The van der Waals surface area contributed by atoms with Crippen molar-refractivity contribution in [1.29, 1.82) is 0 Å². The van der Waals surface area contributed by atoms with E-state index < -0.39 is 0 Å². The van der Waals surface area contributed by atoms with Crippen molar-refractivity contribution in [2.45, 2.75) is 26.3 Å². The first kappa shape index (κ1) is 14.7. The first-order chi connectivity index (χ1) is 8.15. The molecule has 0 aliphatic carbocycles. The number of ether oxygens (including phenoxy) is 1. The molecule has 1 fully saturated rings. The summed E-state index contributed by atoms with van der Waals surface area (Å²) in [4.78, 5) is 2.48. The smallest absolute Gasteiger partial charge is 0.166 e. The summed E-state index contributed by atoms with van der Waals surface area (Å²) in [5, 5.41) is 7.25. The molecule has 0 saturated carbocycles. The van der Waals surface area contributed by atoms with Crippen molar-refractivity contribution in [3.63, 3.8) is 0 Å². The molecule has 2 unspecified atom stereocenters. The average Bonchev–Trinajstić information content (AvgIpc) is 2.74. The molecule has 0 aromatic rings. The van der Waals surface area contributed by atoms with E-state index in [1.54, 1.807) is 7.11 Å². The highest BCUT2D eigenvalue weighted by Crippen LogP contribution is 2.14. The lowest BCUT2D eigenvalue weighted by Gasteiger charge is -2.18. The topological polar surface area (TPSA) is 36.5 Å². The van der Waals surface area contributed by atoms with Gasteiger partial charge < -0.3 is 20.3 Å². The highest BCUT2D eigenvalue weighted by atomic mass is 32.1. The Morgan fingerprint density at radius 1 is 1.59 bits per heavy atom. The number of methoxy groups -OCH3 is 1. The number of thiocarbonyl (C=S) groups is 1. The van der Waals surface area contributed by atoms with Gasteiger partial charge in [0.25, 0.3) is 0 Å². The van der Waals surface area contributed by atoms with Crippen LogP contribution in [0.5, 0.6) is 0 Å². The largest absolute Gasteiger partial charge is 0.383 e. The molecule has 1 aliphatic heterocycles. The summed E-state index contributed by atoms with van der Waals surface area (Å²) >= 11 is 5.25. The second kappa shape index (κ2) is 7.84. The highest BCUT2D eigenvalue weighted by molar-refractivity contribution is 7.80. The molecule has 17 heavy (non-hydrogen) atoms. The Morgan fingerprint density at radius 2 is 2.35 bits per heavy atom. The first-order valence-electron chi connectivity index (χ1n) is 6.41. The van der Waals surface area contributed by atoms with Crippen LogP contribution < -0.4 is 10.6 Å². The summed E-state index contributed by atoms with van der Waals surface area (Å²) in [6.45, 7) is 9.50. The molecule has 1 saturated heterocycles. The minimum atomic E-state index is 0.260. The van der Waals surface area contributed by atoms with Gasteiger partial charge in [-0.25, -0.2) is 0 Å². The Bertz CT molecular complexity index is 238. The summed E-state index contributed by atoms with van der Waals surface area (Å²) < 4.78 is 5.05. The summed E-state index contributed by atoms with van der Waals surface area (Å²) in [7, 11) is 1.70. The van der Waals surface area contributed by atoms with Crippen LogP contribution in [-0.2, 0) is 4.74 Å². The van der Waals surface area contributed by atoms with Crippen molar-refractivity contribution in [2.24, 2.45) is 5.92 Å². The van der Waals surface area contributed by atoms with Gasteiger partial charge >= 0.3 is 0 Å². The van der Waals surface area contributed by atoms with Crippen LogP contribution in [0.4, 0.5) is 0 Å². The van der Waals surface area contributed by atoms with Gasteiger partial charge in [0, 0.05) is 26.2 Å². The van der Waals surface area contributed by atoms with Gasteiger partial charge in [0.1, 0.15) is 0 Å². The molecular formula is C12H25N3OS. The molecule has 0 amide bonds. The Balaban J connectivity index is 2.12. The maximum atomic E-state index is 5.25. The Kier molecular flexibility index (Phi) is 6.77. The predicted molar refractivity (Wildman–Crippen MR) is 75.3 cm³/mol. The van der Waals surface area contributed by atoms with Crippen LogP contribution in [0.25, 0.3) is 0 Å². The predicted octanol–water partition coefficient (Wildman–Crippen LogP) is 0.827. The van der Waals surface area contributed by atoms with E-state index in [1.807, 2.05) is 0 Å². The molecule has 5 heteroatoms. The van der Waals surface area contributed by atoms with Crippen LogP contribution in [-0.4, -0.2) is 55.9 Å². The summed E-state index contributed by atoms with van der Waals surface area (Å²) in [6.07, 6.45) is 1.27. The van der Waals surface area contributed by atoms with Crippen molar-refractivity contribution in [3.05, 3.63) is 0 Å². The zero-order chi connectivity index (χ0) is 12.7. The molecule has 0 aromatic carbocycles. The van der Waals surface area contributed by atoms with Gasteiger partial charge in [-0.2, -0.15) is 0 Å². The highest BCUT2D eigenvalue weighted by Gasteiger charge is 2.20. The third-order valence-electron chi connectivity index (χ3n) is 3.16. The number of likely N-dealkylation sites (tertiary alicyclic amines) is 1. The average molecular weight is 259 g/mol. The monoisotopic (exact) mass is 259 g/mol. The van der Waals surface area contributed by atoms with Gasteiger partial charge in [0.15, 0.2) is 5.11 Å². The van der Waals surface area contributed by atoms with E-state index in [0.29, 0.717) is 6.61 Å². The Hall–Kier alpha value is -0.390. The van der Waals surface area contributed by atoms with Crippen LogP contribution in [0, 0.1) is 5.92 Å². The van der Waals surface area contributed by atoms with Gasteiger partial charge in [0.05, 0.1) is 6.61 Å². The lowest BCUT2D eigenvalue weighted by molar-refractivity contribution is 0.179. The van der Waals surface area contributed by atoms with E-state index in [4.69, 9.17) is 17.0 Å². The fourth-order valence-electron chi connectivity index (χ4n) is 2.17. The second-order valence-corrected chi connectivity index (χ2v) is 5.17. The molecule has 1 rings (SSSR count). The molecule has 0 radical (unpaired) electrons. The molecule has 0 spiro atoms. The molecule has 4 nitrogen and oxygen atoms in total. The fourth-order valence-corrected chi connectivity index (χ4v) is 2.45. The van der Waals surface area contributed by atoms with Gasteiger partial charge in [-0.1, -0.05) is 6.92 Å². The van der Waals surface area contributed by atoms with Gasteiger partial charge in [0.2, 0.25) is 0 Å². The van der Waals surface area contributed by atoms with Crippen molar-refractivity contribution < 1.29 is 4.74 Å². The van der Waals surface area contributed by atoms with Crippen molar-refractivity contribution in [1.82, 2.24) is 15.5 Å². The Morgan fingerprint density at radius 3 is 2.94 bits per heavy atom. The van der Waals surface area contributed by atoms with E-state index >= 15 is 0 Å². The lowest BCUT2D eigenvalue weighted by Crippen LogP contribution is -2.44. The quantitative estimate of drug-likeness (QED) is 0.691. The lowest BCUT2D eigenvalue weighted by atomic mass is 10.1. The second-order valence-electron chi connectivity index (χ2n) is 4.76. The number of hydrogen-bond donors (Lipinski definition) is 2. The summed E-state index contributed by atoms with van der Waals surface area (Å²) in [6, 6.07) is 0.260. The number of hydrogen-bond acceptors (Lipinski definition) is 3. The third kappa shape index (κ3) is 5.66.